The van der Waals surface area contributed by atoms with Crippen LogP contribution in [-0.4, -0.2) is 26.4 Å². The van der Waals surface area contributed by atoms with Crippen LogP contribution in [0.2, 0.25) is 0 Å². The van der Waals surface area contributed by atoms with Crippen molar-refractivity contribution < 1.29 is 4.79 Å². The van der Waals surface area contributed by atoms with Gasteiger partial charge in [0.1, 0.15) is 17.2 Å². The molecule has 4 rings (SSSR count). The Bertz CT molecular complexity index is 1400. The molecule has 0 fully saturated rings. The number of hydrogen-bond donors (Lipinski definition) is 4. The third-order valence-electron chi connectivity index (χ3n) is 4.88. The maximum absolute atomic E-state index is 12.4. The van der Waals surface area contributed by atoms with Crippen LogP contribution in [0.15, 0.2) is 70.5 Å². The summed E-state index contributed by atoms with van der Waals surface area (Å²) in [6.45, 7) is 6.03. The zero-order valence-corrected chi connectivity index (χ0v) is 19.5. The first-order chi connectivity index (χ1) is 16.7. The van der Waals surface area contributed by atoms with E-state index in [9.17, 15) is 14.4 Å². The van der Waals surface area contributed by atoms with Gasteiger partial charge in [0, 0.05) is 29.2 Å². The minimum Gasteiger partial charge on any atom is -0.375 e. The summed E-state index contributed by atoms with van der Waals surface area (Å²) in [6.07, 6.45) is 3.20. The van der Waals surface area contributed by atoms with E-state index in [1.807, 2.05) is 39.0 Å². The molecule has 0 unspecified atom stereocenters. The number of rotatable bonds is 8. The Labute approximate surface area is 201 Å². The van der Waals surface area contributed by atoms with E-state index in [-0.39, 0.29) is 28.8 Å². The maximum Gasteiger partial charge on any atom is 0.253 e. The molecule has 2 heterocycles. The Balaban J connectivity index is 1.39. The number of benzene rings is 1. The topological polar surface area (TPSA) is 138 Å². The van der Waals surface area contributed by atoms with E-state index in [2.05, 4.69) is 36.2 Å². The molecular formula is C25H25N7O3. The van der Waals surface area contributed by atoms with Gasteiger partial charge in [0.15, 0.2) is 0 Å². The number of nitrogens with one attached hydrogen (secondary N) is 4. The van der Waals surface area contributed by atoms with Crippen molar-refractivity contribution in [1.82, 2.24) is 20.3 Å². The summed E-state index contributed by atoms with van der Waals surface area (Å²) in [7, 11) is 0. The maximum atomic E-state index is 12.4. The molecule has 2 aromatic carbocycles. The summed E-state index contributed by atoms with van der Waals surface area (Å²) in [5, 5.41) is 11.8. The van der Waals surface area contributed by atoms with Crippen LogP contribution in [-0.2, 0) is 6.54 Å². The van der Waals surface area contributed by atoms with Crippen LogP contribution in [0.3, 0.4) is 0 Å². The van der Waals surface area contributed by atoms with E-state index in [0.717, 1.165) is 5.69 Å². The van der Waals surface area contributed by atoms with Crippen LogP contribution >= 0.6 is 0 Å². The monoisotopic (exact) mass is 471 g/mol. The highest BCUT2D eigenvalue weighted by Crippen LogP contribution is 2.23. The number of aromatic nitrogens is 3. The highest BCUT2D eigenvalue weighted by atomic mass is 16.2. The van der Waals surface area contributed by atoms with Crippen LogP contribution in [0.4, 0.5) is 28.8 Å². The zero-order chi connectivity index (χ0) is 25.0. The lowest BCUT2D eigenvalue weighted by Gasteiger charge is -2.24. The molecule has 0 aliphatic heterocycles. The lowest BCUT2D eigenvalue weighted by atomic mass is 10.1. The molecule has 0 spiro atoms. The van der Waals surface area contributed by atoms with E-state index in [1.165, 1.54) is 6.20 Å². The summed E-state index contributed by atoms with van der Waals surface area (Å²) >= 11 is 0. The van der Waals surface area contributed by atoms with Gasteiger partial charge in [-0.15, -0.1) is 0 Å². The van der Waals surface area contributed by atoms with Crippen molar-refractivity contribution in [3.63, 3.8) is 0 Å². The largest absolute Gasteiger partial charge is 0.375 e. The minimum atomic E-state index is -0.596. The molecule has 4 aromatic rings. The lowest BCUT2D eigenvalue weighted by molar-refractivity contribution is 0.0950. The second-order valence-electron chi connectivity index (χ2n) is 8.88. The fraction of sp³-hybridized carbons (Fsp3) is 0.200. The molecular weight excluding hydrogens is 446 g/mol. The van der Waals surface area contributed by atoms with Crippen molar-refractivity contribution in [2.75, 3.05) is 16.0 Å². The zero-order valence-electron chi connectivity index (χ0n) is 19.5. The Morgan fingerprint density at radius 2 is 1.60 bits per heavy atom. The molecule has 0 bridgehead atoms. The molecule has 0 aliphatic carbocycles. The summed E-state index contributed by atoms with van der Waals surface area (Å²) in [5.41, 5.74) is 0.839. The molecule has 0 saturated heterocycles. The first kappa shape index (κ1) is 23.6. The number of carbonyl (C=O) groups excluding carboxylic acids is 1. The molecule has 10 nitrogen and oxygen atoms in total. The predicted molar refractivity (Wildman–Crippen MR) is 135 cm³/mol. The van der Waals surface area contributed by atoms with Gasteiger partial charge in [-0.3, -0.25) is 19.4 Å². The molecule has 0 radical (unpaired) electrons. The van der Waals surface area contributed by atoms with Crippen LogP contribution in [0.1, 0.15) is 36.8 Å². The van der Waals surface area contributed by atoms with E-state index in [1.54, 1.807) is 36.5 Å². The third kappa shape index (κ3) is 5.85. The second-order valence-corrected chi connectivity index (χ2v) is 8.88. The average Bonchev–Trinajstić information content (AvgIpc) is 2.85. The Morgan fingerprint density at radius 3 is 2.29 bits per heavy atom. The lowest BCUT2D eigenvalue weighted by Crippen LogP contribution is -2.41. The molecule has 0 saturated carbocycles. The number of pyridine rings is 1. The molecule has 4 N–H and O–H groups in total. The third-order valence-corrected chi connectivity index (χ3v) is 4.88. The van der Waals surface area contributed by atoms with Crippen LogP contribution in [0.5, 0.6) is 0 Å². The standard InChI is InChI=1S/C25H25N7O3/c1-25(2,3)32-20-19(21(33)22(20)34)30-18-11-13-27-24(31-18)29-16-9-7-15(8-10-16)23(35)28-14-17-6-4-5-12-26-17/h4-13,32H,14H2,1-3H3,(H,28,35)(H2,27,29,30,31). The Kier molecular flexibility index (Phi) is 6.54. The summed E-state index contributed by atoms with van der Waals surface area (Å²) in [4.78, 5) is 49.1. The quantitative estimate of drug-likeness (QED) is 0.286. The SMILES string of the molecule is CC(C)(C)Nc1c(Nc2ccnc(Nc3ccc(C(=O)NCc4ccccn4)cc3)n2)c(=O)c1=O. The molecule has 35 heavy (non-hydrogen) atoms. The molecule has 178 valence electrons. The van der Waals surface area contributed by atoms with Crippen molar-refractivity contribution in [1.29, 1.82) is 0 Å². The van der Waals surface area contributed by atoms with Crippen LogP contribution < -0.4 is 32.1 Å². The van der Waals surface area contributed by atoms with Gasteiger partial charge in [0.25, 0.3) is 16.8 Å². The van der Waals surface area contributed by atoms with Crippen LogP contribution in [0, 0.1) is 0 Å². The van der Waals surface area contributed by atoms with E-state index in [0.29, 0.717) is 23.6 Å². The Morgan fingerprint density at radius 1 is 0.857 bits per heavy atom. The molecule has 0 atom stereocenters. The van der Waals surface area contributed by atoms with Crippen molar-refractivity contribution in [2.45, 2.75) is 32.9 Å². The van der Waals surface area contributed by atoms with Gasteiger partial charge in [0.2, 0.25) is 5.95 Å². The van der Waals surface area contributed by atoms with Gasteiger partial charge >= 0.3 is 0 Å². The molecule has 0 aliphatic rings. The highest BCUT2D eigenvalue weighted by Gasteiger charge is 2.25. The van der Waals surface area contributed by atoms with Gasteiger partial charge in [-0.1, -0.05) is 6.07 Å². The Hall–Kier alpha value is -4.60. The summed E-state index contributed by atoms with van der Waals surface area (Å²) in [5.74, 6) is 0.431. The molecule has 1 amide bonds. The minimum absolute atomic E-state index is 0.177. The van der Waals surface area contributed by atoms with E-state index >= 15 is 0 Å². The first-order valence-electron chi connectivity index (χ1n) is 11.0. The normalized spacial score (nSPS) is 11.2. The van der Waals surface area contributed by atoms with Gasteiger partial charge in [-0.05, 0) is 63.2 Å². The molecule has 10 heteroatoms. The van der Waals surface area contributed by atoms with Gasteiger partial charge in [-0.25, -0.2) is 4.98 Å². The first-order valence-corrected chi connectivity index (χ1v) is 11.0. The van der Waals surface area contributed by atoms with Gasteiger partial charge in [0.05, 0.1) is 12.2 Å². The second kappa shape index (κ2) is 9.72. The number of hydrogen-bond acceptors (Lipinski definition) is 9. The summed E-state index contributed by atoms with van der Waals surface area (Å²) < 4.78 is 0. The molecule has 2 aromatic heterocycles. The number of carbonyl (C=O) groups is 1. The smallest absolute Gasteiger partial charge is 0.253 e. The van der Waals surface area contributed by atoms with Crippen molar-refractivity contribution in [3.8, 4) is 0 Å². The van der Waals surface area contributed by atoms with Crippen LogP contribution in [0.25, 0.3) is 0 Å². The number of nitrogens with zero attached hydrogens (tertiary/aromatic N) is 3. The highest BCUT2D eigenvalue weighted by molar-refractivity contribution is 5.94. The van der Waals surface area contributed by atoms with Gasteiger partial charge < -0.3 is 21.3 Å². The number of anilines is 5. The van der Waals surface area contributed by atoms with E-state index < -0.39 is 10.9 Å². The fourth-order valence-corrected chi connectivity index (χ4v) is 3.23. The van der Waals surface area contributed by atoms with Crippen molar-refractivity contribution in [2.24, 2.45) is 0 Å². The van der Waals surface area contributed by atoms with Crippen molar-refractivity contribution >= 4 is 34.7 Å². The predicted octanol–water partition coefficient (Wildman–Crippen LogP) is 3.10. The number of amides is 1. The summed E-state index contributed by atoms with van der Waals surface area (Å²) in [6, 6.07) is 14.0. The fourth-order valence-electron chi connectivity index (χ4n) is 3.23. The van der Waals surface area contributed by atoms with Gasteiger partial charge in [-0.2, -0.15) is 4.98 Å². The van der Waals surface area contributed by atoms with Crippen molar-refractivity contribution in [3.05, 3.63) is 92.6 Å². The van der Waals surface area contributed by atoms with E-state index in [4.69, 9.17) is 0 Å². The average molecular weight is 472 g/mol.